The summed E-state index contributed by atoms with van der Waals surface area (Å²) in [6.07, 6.45) is 0. The number of aliphatic hydroxyl groups excluding tert-OH is 1. The SMILES string of the molecule is NCC(CO)C(c1ccccc1)N1CCOCC1. The van der Waals surface area contributed by atoms with E-state index >= 15 is 0 Å². The molecule has 1 aromatic rings. The van der Waals surface area contributed by atoms with Gasteiger partial charge in [-0.2, -0.15) is 0 Å². The predicted molar refractivity (Wildman–Crippen MR) is 71.2 cm³/mol. The van der Waals surface area contributed by atoms with Gasteiger partial charge in [0.05, 0.1) is 13.2 Å². The molecule has 0 aliphatic carbocycles. The second-order valence-corrected chi connectivity index (χ2v) is 4.68. The molecule has 1 aliphatic rings. The molecule has 0 aromatic heterocycles. The molecule has 0 radical (unpaired) electrons. The molecule has 0 amide bonds. The first-order valence-electron chi connectivity index (χ1n) is 6.54. The molecule has 4 nitrogen and oxygen atoms in total. The Labute approximate surface area is 108 Å². The molecule has 2 atom stereocenters. The number of ether oxygens (including phenoxy) is 1. The molecule has 0 spiro atoms. The first kappa shape index (κ1) is 13.5. The van der Waals surface area contributed by atoms with Crippen LogP contribution < -0.4 is 5.73 Å². The summed E-state index contributed by atoms with van der Waals surface area (Å²) in [5.41, 5.74) is 7.04. The van der Waals surface area contributed by atoms with Crippen molar-refractivity contribution in [3.8, 4) is 0 Å². The van der Waals surface area contributed by atoms with Crippen molar-refractivity contribution in [2.45, 2.75) is 6.04 Å². The van der Waals surface area contributed by atoms with Gasteiger partial charge in [0, 0.05) is 31.7 Å². The van der Waals surface area contributed by atoms with E-state index in [1.165, 1.54) is 5.56 Å². The first-order valence-corrected chi connectivity index (χ1v) is 6.54. The van der Waals surface area contributed by atoms with Gasteiger partial charge < -0.3 is 15.6 Å². The highest BCUT2D eigenvalue weighted by Crippen LogP contribution is 2.28. The zero-order valence-electron chi connectivity index (χ0n) is 10.7. The number of nitrogens with two attached hydrogens (primary N) is 1. The molecule has 3 N–H and O–H groups in total. The number of rotatable bonds is 5. The Kier molecular flexibility index (Phi) is 5.13. The van der Waals surface area contributed by atoms with Gasteiger partial charge in [-0.3, -0.25) is 4.90 Å². The molecule has 1 saturated heterocycles. The van der Waals surface area contributed by atoms with Crippen LogP contribution in [-0.4, -0.2) is 49.5 Å². The van der Waals surface area contributed by atoms with Gasteiger partial charge in [0.15, 0.2) is 0 Å². The van der Waals surface area contributed by atoms with Gasteiger partial charge in [0.1, 0.15) is 0 Å². The van der Waals surface area contributed by atoms with Crippen LogP contribution in [0.5, 0.6) is 0 Å². The third kappa shape index (κ3) is 3.09. The molecule has 2 rings (SSSR count). The third-order valence-electron chi connectivity index (χ3n) is 3.56. The Balaban J connectivity index is 2.21. The molecule has 0 saturated carbocycles. The second-order valence-electron chi connectivity index (χ2n) is 4.68. The normalized spacial score (nSPS) is 20.6. The summed E-state index contributed by atoms with van der Waals surface area (Å²) >= 11 is 0. The molecule has 100 valence electrons. The van der Waals surface area contributed by atoms with E-state index in [9.17, 15) is 5.11 Å². The van der Waals surface area contributed by atoms with E-state index < -0.39 is 0 Å². The summed E-state index contributed by atoms with van der Waals surface area (Å²) in [6.45, 7) is 3.92. The molecule has 18 heavy (non-hydrogen) atoms. The minimum Gasteiger partial charge on any atom is -0.396 e. The highest BCUT2D eigenvalue weighted by molar-refractivity contribution is 5.20. The summed E-state index contributed by atoms with van der Waals surface area (Å²) in [5.74, 6) is 0.0745. The molecule has 1 heterocycles. The summed E-state index contributed by atoms with van der Waals surface area (Å²) in [6, 6.07) is 10.5. The van der Waals surface area contributed by atoms with Crippen molar-refractivity contribution >= 4 is 0 Å². The van der Waals surface area contributed by atoms with Crippen LogP contribution in [0, 0.1) is 5.92 Å². The van der Waals surface area contributed by atoms with E-state index in [0.717, 1.165) is 26.3 Å². The van der Waals surface area contributed by atoms with Gasteiger partial charge in [-0.15, -0.1) is 0 Å². The van der Waals surface area contributed by atoms with E-state index in [1.807, 2.05) is 18.2 Å². The Morgan fingerprint density at radius 1 is 1.22 bits per heavy atom. The average Bonchev–Trinajstić information content (AvgIpc) is 2.46. The smallest absolute Gasteiger partial charge is 0.0594 e. The van der Waals surface area contributed by atoms with Crippen LogP contribution in [0.3, 0.4) is 0 Å². The van der Waals surface area contributed by atoms with Crippen molar-refractivity contribution in [2.75, 3.05) is 39.5 Å². The van der Waals surface area contributed by atoms with Gasteiger partial charge in [-0.1, -0.05) is 30.3 Å². The zero-order chi connectivity index (χ0) is 12.8. The topological polar surface area (TPSA) is 58.7 Å². The Morgan fingerprint density at radius 2 is 1.89 bits per heavy atom. The maximum absolute atomic E-state index is 9.55. The van der Waals surface area contributed by atoms with Crippen molar-refractivity contribution in [1.82, 2.24) is 4.90 Å². The van der Waals surface area contributed by atoms with Crippen LogP contribution in [-0.2, 0) is 4.74 Å². The van der Waals surface area contributed by atoms with Gasteiger partial charge >= 0.3 is 0 Å². The molecule has 1 aliphatic heterocycles. The lowest BCUT2D eigenvalue weighted by molar-refractivity contribution is -0.00484. The molecule has 4 heteroatoms. The van der Waals surface area contributed by atoms with Crippen molar-refractivity contribution in [1.29, 1.82) is 0 Å². The van der Waals surface area contributed by atoms with E-state index in [1.54, 1.807) is 0 Å². The zero-order valence-corrected chi connectivity index (χ0v) is 10.7. The van der Waals surface area contributed by atoms with E-state index in [-0.39, 0.29) is 18.6 Å². The average molecular weight is 250 g/mol. The lowest BCUT2D eigenvalue weighted by Gasteiger charge is -2.38. The van der Waals surface area contributed by atoms with Crippen LogP contribution in [0.2, 0.25) is 0 Å². The number of nitrogens with zero attached hydrogens (tertiary/aromatic N) is 1. The fourth-order valence-corrected chi connectivity index (χ4v) is 2.59. The van der Waals surface area contributed by atoms with Crippen molar-refractivity contribution in [3.05, 3.63) is 35.9 Å². The molecular weight excluding hydrogens is 228 g/mol. The van der Waals surface area contributed by atoms with E-state index in [4.69, 9.17) is 10.5 Å². The minimum atomic E-state index is 0.0745. The standard InChI is InChI=1S/C14H22N2O2/c15-10-13(11-17)14(12-4-2-1-3-5-12)16-6-8-18-9-7-16/h1-5,13-14,17H,6-11,15H2. The molecular formula is C14H22N2O2. The highest BCUT2D eigenvalue weighted by Gasteiger charge is 2.28. The maximum atomic E-state index is 9.55. The van der Waals surface area contributed by atoms with Crippen LogP contribution in [0.15, 0.2) is 30.3 Å². The minimum absolute atomic E-state index is 0.0745. The number of morpholine rings is 1. The van der Waals surface area contributed by atoms with E-state index in [0.29, 0.717) is 6.54 Å². The number of hydrogen-bond acceptors (Lipinski definition) is 4. The number of hydrogen-bond donors (Lipinski definition) is 2. The second kappa shape index (κ2) is 6.85. The van der Waals surface area contributed by atoms with Crippen LogP contribution in [0.4, 0.5) is 0 Å². The van der Waals surface area contributed by atoms with Crippen LogP contribution >= 0.6 is 0 Å². The van der Waals surface area contributed by atoms with Crippen molar-refractivity contribution in [2.24, 2.45) is 11.7 Å². The number of aliphatic hydroxyl groups is 1. The quantitative estimate of drug-likeness (QED) is 0.804. The lowest BCUT2D eigenvalue weighted by Crippen LogP contribution is -2.44. The third-order valence-corrected chi connectivity index (χ3v) is 3.56. The summed E-state index contributed by atoms with van der Waals surface area (Å²) in [5, 5.41) is 9.55. The van der Waals surface area contributed by atoms with Crippen LogP contribution in [0.25, 0.3) is 0 Å². The van der Waals surface area contributed by atoms with Gasteiger partial charge in [0.2, 0.25) is 0 Å². The Hall–Kier alpha value is -0.940. The molecule has 1 fully saturated rings. The lowest BCUT2D eigenvalue weighted by atomic mass is 9.91. The van der Waals surface area contributed by atoms with Crippen LogP contribution in [0.1, 0.15) is 11.6 Å². The molecule has 1 aromatic carbocycles. The van der Waals surface area contributed by atoms with E-state index in [2.05, 4.69) is 17.0 Å². The molecule has 2 unspecified atom stereocenters. The fraction of sp³-hybridized carbons (Fsp3) is 0.571. The predicted octanol–water partition coefficient (Wildman–Crippen LogP) is 0.627. The first-order chi connectivity index (χ1) is 8.86. The van der Waals surface area contributed by atoms with Crippen molar-refractivity contribution in [3.63, 3.8) is 0 Å². The Bertz CT molecular complexity index is 335. The summed E-state index contributed by atoms with van der Waals surface area (Å²) < 4.78 is 5.40. The van der Waals surface area contributed by atoms with Gasteiger partial charge in [-0.05, 0) is 12.1 Å². The summed E-state index contributed by atoms with van der Waals surface area (Å²) in [4.78, 5) is 2.37. The molecule has 0 bridgehead atoms. The monoisotopic (exact) mass is 250 g/mol. The van der Waals surface area contributed by atoms with Gasteiger partial charge in [-0.25, -0.2) is 0 Å². The summed E-state index contributed by atoms with van der Waals surface area (Å²) in [7, 11) is 0. The van der Waals surface area contributed by atoms with Gasteiger partial charge in [0.25, 0.3) is 0 Å². The van der Waals surface area contributed by atoms with Crippen molar-refractivity contribution < 1.29 is 9.84 Å². The largest absolute Gasteiger partial charge is 0.396 e. The fourth-order valence-electron chi connectivity index (χ4n) is 2.59. The Morgan fingerprint density at radius 3 is 2.44 bits per heavy atom. The number of benzene rings is 1. The maximum Gasteiger partial charge on any atom is 0.0594 e. The highest BCUT2D eigenvalue weighted by atomic mass is 16.5.